The van der Waals surface area contributed by atoms with Gasteiger partial charge in [-0.2, -0.15) is 0 Å². The first-order valence-electron chi connectivity index (χ1n) is 5.30. The van der Waals surface area contributed by atoms with Crippen molar-refractivity contribution in [2.24, 2.45) is 0 Å². The Kier molecular flexibility index (Phi) is 3.80. The van der Waals surface area contributed by atoms with Gasteiger partial charge in [0.25, 0.3) is 0 Å². The Morgan fingerprint density at radius 2 is 2.11 bits per heavy atom. The summed E-state index contributed by atoms with van der Waals surface area (Å²) < 4.78 is 18.9. The lowest BCUT2D eigenvalue weighted by atomic mass is 10.2. The molecule has 2 rings (SSSR count). The third-order valence-electron chi connectivity index (χ3n) is 2.35. The molecule has 0 aliphatic carbocycles. The molecule has 6 heteroatoms. The van der Waals surface area contributed by atoms with Gasteiger partial charge in [-0.05, 0) is 41.1 Å². The van der Waals surface area contributed by atoms with Gasteiger partial charge < -0.3 is 9.84 Å². The second-order valence-electron chi connectivity index (χ2n) is 3.80. The first-order valence-corrected chi connectivity index (χ1v) is 6.09. The molecule has 2 aromatic rings. The van der Waals surface area contributed by atoms with Crippen LogP contribution in [0, 0.1) is 12.7 Å². The van der Waals surface area contributed by atoms with E-state index in [0.717, 1.165) is 0 Å². The number of hydrogen-bond acceptors (Lipinski definition) is 3. The van der Waals surface area contributed by atoms with Gasteiger partial charge in [0.05, 0.1) is 4.47 Å². The van der Waals surface area contributed by atoms with Crippen molar-refractivity contribution in [3.8, 4) is 11.5 Å². The lowest BCUT2D eigenvalue weighted by Gasteiger charge is -2.10. The molecule has 19 heavy (non-hydrogen) atoms. The van der Waals surface area contributed by atoms with Gasteiger partial charge in [-0.3, -0.25) is 4.98 Å². The van der Waals surface area contributed by atoms with Gasteiger partial charge in [0.2, 0.25) is 0 Å². The molecule has 0 saturated carbocycles. The first kappa shape index (κ1) is 13.5. The van der Waals surface area contributed by atoms with Crippen molar-refractivity contribution in [3.05, 3.63) is 52.0 Å². The molecule has 0 aliphatic heterocycles. The maximum atomic E-state index is 13.0. The molecule has 1 heterocycles. The van der Waals surface area contributed by atoms with Crippen LogP contribution >= 0.6 is 15.9 Å². The van der Waals surface area contributed by atoms with Crippen LogP contribution in [0.1, 0.15) is 16.1 Å². The normalized spacial score (nSPS) is 10.3. The molecule has 1 aromatic carbocycles. The van der Waals surface area contributed by atoms with E-state index in [1.165, 1.54) is 30.5 Å². The summed E-state index contributed by atoms with van der Waals surface area (Å²) >= 11 is 3.16. The van der Waals surface area contributed by atoms with E-state index >= 15 is 0 Å². The number of rotatable bonds is 3. The van der Waals surface area contributed by atoms with Crippen molar-refractivity contribution in [2.45, 2.75) is 6.92 Å². The van der Waals surface area contributed by atoms with Crippen molar-refractivity contribution >= 4 is 21.9 Å². The fourth-order valence-electron chi connectivity index (χ4n) is 1.46. The second-order valence-corrected chi connectivity index (χ2v) is 4.66. The second kappa shape index (κ2) is 5.36. The molecule has 0 radical (unpaired) electrons. The standard InChI is InChI=1S/C13H9BrFNO3/c1-7-4-12(9(6-16-7)13(17)18)19-11-3-2-8(15)5-10(11)14/h2-6H,1H3,(H,17,18). The van der Waals surface area contributed by atoms with Crippen molar-refractivity contribution in [1.29, 1.82) is 0 Å². The average molecular weight is 326 g/mol. The average Bonchev–Trinajstić information content (AvgIpc) is 2.32. The smallest absolute Gasteiger partial charge is 0.341 e. The van der Waals surface area contributed by atoms with E-state index < -0.39 is 11.8 Å². The quantitative estimate of drug-likeness (QED) is 0.932. The Bertz CT molecular complexity index is 646. The minimum atomic E-state index is -1.14. The van der Waals surface area contributed by atoms with Crippen LogP contribution < -0.4 is 4.74 Å². The molecule has 0 bridgehead atoms. The number of aryl methyl sites for hydroxylation is 1. The zero-order valence-electron chi connectivity index (χ0n) is 9.85. The summed E-state index contributed by atoms with van der Waals surface area (Å²) in [6.07, 6.45) is 1.23. The number of carboxylic acids is 1. The van der Waals surface area contributed by atoms with Gasteiger partial charge in [-0.15, -0.1) is 0 Å². The van der Waals surface area contributed by atoms with Crippen LogP contribution in [0.3, 0.4) is 0 Å². The number of halogens is 2. The van der Waals surface area contributed by atoms with Crippen LogP contribution in [0.2, 0.25) is 0 Å². The van der Waals surface area contributed by atoms with E-state index in [2.05, 4.69) is 20.9 Å². The molecule has 4 nitrogen and oxygen atoms in total. The van der Waals surface area contributed by atoms with Gasteiger partial charge in [-0.25, -0.2) is 9.18 Å². The Hall–Kier alpha value is -1.95. The minimum absolute atomic E-state index is 0.0539. The Labute approximate surface area is 117 Å². The van der Waals surface area contributed by atoms with Crippen LogP contribution in [-0.2, 0) is 0 Å². The summed E-state index contributed by atoms with van der Waals surface area (Å²) in [4.78, 5) is 15.0. The highest BCUT2D eigenvalue weighted by molar-refractivity contribution is 9.10. The van der Waals surface area contributed by atoms with Gasteiger partial charge in [0, 0.05) is 18.0 Å². The van der Waals surface area contributed by atoms with Gasteiger partial charge >= 0.3 is 5.97 Å². The van der Waals surface area contributed by atoms with Crippen molar-refractivity contribution < 1.29 is 19.0 Å². The number of carboxylic acid groups (broad SMARTS) is 1. The predicted octanol–water partition coefficient (Wildman–Crippen LogP) is 3.78. The third-order valence-corrected chi connectivity index (χ3v) is 2.97. The summed E-state index contributed by atoms with van der Waals surface area (Å²) in [5.74, 6) is -1.06. The molecule has 0 spiro atoms. The van der Waals surface area contributed by atoms with E-state index in [0.29, 0.717) is 15.9 Å². The van der Waals surface area contributed by atoms with Gasteiger partial charge in [0.15, 0.2) is 0 Å². The minimum Gasteiger partial charge on any atom is -0.477 e. The number of nitrogens with zero attached hydrogens (tertiary/aromatic N) is 1. The Morgan fingerprint density at radius 3 is 2.74 bits per heavy atom. The SMILES string of the molecule is Cc1cc(Oc2ccc(F)cc2Br)c(C(=O)O)cn1. The number of aromatic nitrogens is 1. The highest BCUT2D eigenvalue weighted by Crippen LogP contribution is 2.32. The summed E-state index contributed by atoms with van der Waals surface area (Å²) in [7, 11) is 0. The van der Waals surface area contributed by atoms with Crippen LogP contribution in [0.25, 0.3) is 0 Å². The molecule has 1 aromatic heterocycles. The van der Waals surface area contributed by atoms with Crippen LogP contribution in [0.5, 0.6) is 11.5 Å². The van der Waals surface area contributed by atoms with E-state index in [9.17, 15) is 9.18 Å². The van der Waals surface area contributed by atoms with Crippen LogP contribution in [-0.4, -0.2) is 16.1 Å². The molecular weight excluding hydrogens is 317 g/mol. The fraction of sp³-hybridized carbons (Fsp3) is 0.0769. The highest BCUT2D eigenvalue weighted by Gasteiger charge is 2.14. The molecule has 0 fully saturated rings. The third kappa shape index (κ3) is 3.08. The summed E-state index contributed by atoms with van der Waals surface area (Å²) in [5.41, 5.74) is 0.569. The van der Waals surface area contributed by atoms with E-state index in [1.807, 2.05) is 0 Å². The molecular formula is C13H9BrFNO3. The predicted molar refractivity (Wildman–Crippen MR) is 70.1 cm³/mol. The summed E-state index contributed by atoms with van der Waals surface area (Å²) in [5, 5.41) is 9.06. The van der Waals surface area contributed by atoms with Gasteiger partial charge in [-0.1, -0.05) is 0 Å². The summed E-state index contributed by atoms with van der Waals surface area (Å²) in [6, 6.07) is 5.40. The molecule has 0 aliphatic rings. The maximum Gasteiger partial charge on any atom is 0.341 e. The Balaban J connectivity index is 2.42. The molecule has 98 valence electrons. The number of hydrogen-bond donors (Lipinski definition) is 1. The monoisotopic (exact) mass is 325 g/mol. The molecule has 0 atom stereocenters. The molecule has 0 saturated heterocycles. The van der Waals surface area contributed by atoms with E-state index in [1.54, 1.807) is 6.92 Å². The molecule has 1 N–H and O–H groups in total. The van der Waals surface area contributed by atoms with Crippen molar-refractivity contribution in [3.63, 3.8) is 0 Å². The van der Waals surface area contributed by atoms with Crippen molar-refractivity contribution in [1.82, 2.24) is 4.98 Å². The van der Waals surface area contributed by atoms with Crippen LogP contribution in [0.4, 0.5) is 4.39 Å². The number of pyridine rings is 1. The number of ether oxygens (including phenoxy) is 1. The molecule has 0 unspecified atom stereocenters. The molecule has 0 amide bonds. The summed E-state index contributed by atoms with van der Waals surface area (Å²) in [6.45, 7) is 1.72. The number of aromatic carboxylic acids is 1. The Morgan fingerprint density at radius 1 is 1.37 bits per heavy atom. The zero-order valence-corrected chi connectivity index (χ0v) is 11.4. The van der Waals surface area contributed by atoms with Gasteiger partial charge in [0.1, 0.15) is 22.9 Å². The van der Waals surface area contributed by atoms with Crippen molar-refractivity contribution in [2.75, 3.05) is 0 Å². The lowest BCUT2D eigenvalue weighted by molar-refractivity contribution is 0.0693. The fourth-order valence-corrected chi connectivity index (χ4v) is 1.89. The number of carbonyl (C=O) groups is 1. The largest absolute Gasteiger partial charge is 0.477 e. The topological polar surface area (TPSA) is 59.4 Å². The lowest BCUT2D eigenvalue weighted by Crippen LogP contribution is -2.02. The van der Waals surface area contributed by atoms with E-state index in [-0.39, 0.29) is 11.3 Å². The number of benzene rings is 1. The zero-order chi connectivity index (χ0) is 14.0. The maximum absolute atomic E-state index is 13.0. The van der Waals surface area contributed by atoms with E-state index in [4.69, 9.17) is 9.84 Å². The highest BCUT2D eigenvalue weighted by atomic mass is 79.9. The first-order chi connectivity index (χ1) is 8.97. The van der Waals surface area contributed by atoms with Crippen LogP contribution in [0.15, 0.2) is 34.9 Å².